The quantitative estimate of drug-likeness (QED) is 0.883. The van der Waals surface area contributed by atoms with Crippen molar-refractivity contribution < 1.29 is 9.50 Å². The van der Waals surface area contributed by atoms with Crippen LogP contribution < -0.4 is 5.73 Å². The van der Waals surface area contributed by atoms with Crippen LogP contribution in [0.2, 0.25) is 10.0 Å². The number of hydrogen-bond donors (Lipinski definition) is 2. The summed E-state index contributed by atoms with van der Waals surface area (Å²) in [6, 6.07) is 9.62. The normalized spacial score (nSPS) is 14.0. The van der Waals surface area contributed by atoms with Gasteiger partial charge in [-0.05, 0) is 36.2 Å². The molecule has 2 atom stereocenters. The Balaban J connectivity index is 2.43. The van der Waals surface area contributed by atoms with Crippen molar-refractivity contribution in [3.05, 3.63) is 69.0 Å². The first-order chi connectivity index (χ1) is 9.95. The number of benzene rings is 2. The van der Waals surface area contributed by atoms with Gasteiger partial charge in [-0.1, -0.05) is 41.4 Å². The van der Waals surface area contributed by atoms with Gasteiger partial charge in [0.2, 0.25) is 0 Å². The van der Waals surface area contributed by atoms with E-state index in [1.165, 1.54) is 12.1 Å². The lowest BCUT2D eigenvalue weighted by atomic mass is 9.88. The molecule has 2 rings (SSSR count). The Morgan fingerprint density at radius 3 is 2.48 bits per heavy atom. The van der Waals surface area contributed by atoms with Gasteiger partial charge in [0.1, 0.15) is 5.82 Å². The van der Waals surface area contributed by atoms with Crippen LogP contribution in [0.25, 0.3) is 0 Å². The Kier molecular flexibility index (Phi) is 5.22. The third kappa shape index (κ3) is 3.38. The van der Waals surface area contributed by atoms with Crippen molar-refractivity contribution in [2.45, 2.75) is 18.9 Å². The number of aliphatic hydroxyl groups excluding tert-OH is 1. The highest BCUT2D eigenvalue weighted by Gasteiger charge is 2.26. The van der Waals surface area contributed by atoms with E-state index < -0.39 is 17.8 Å². The SMILES string of the molecule is Cc1ccc(C(O)C(CN)c2c(F)cccc2Cl)cc1Cl. The Bertz CT molecular complexity index is 628. The Morgan fingerprint density at radius 1 is 1.19 bits per heavy atom. The standard InChI is InChI=1S/C16H16Cl2FNO/c1-9-5-6-10(7-13(9)18)16(21)11(8-20)15-12(17)3-2-4-14(15)19/h2-7,11,16,21H,8,20H2,1H3. The Morgan fingerprint density at radius 2 is 1.90 bits per heavy atom. The maximum atomic E-state index is 14.0. The summed E-state index contributed by atoms with van der Waals surface area (Å²) in [5.41, 5.74) is 7.45. The molecular formula is C16H16Cl2FNO. The third-order valence-electron chi connectivity index (χ3n) is 3.54. The molecular weight excluding hydrogens is 312 g/mol. The van der Waals surface area contributed by atoms with E-state index in [1.807, 2.05) is 6.92 Å². The zero-order chi connectivity index (χ0) is 15.6. The van der Waals surface area contributed by atoms with Crippen molar-refractivity contribution in [2.24, 2.45) is 5.73 Å². The molecule has 2 unspecified atom stereocenters. The summed E-state index contributed by atoms with van der Waals surface area (Å²) in [6.45, 7) is 1.93. The summed E-state index contributed by atoms with van der Waals surface area (Å²) in [6.07, 6.45) is -0.984. The van der Waals surface area contributed by atoms with Gasteiger partial charge < -0.3 is 10.8 Å². The van der Waals surface area contributed by atoms with Gasteiger partial charge in [-0.2, -0.15) is 0 Å². The second-order valence-electron chi connectivity index (χ2n) is 4.93. The van der Waals surface area contributed by atoms with Gasteiger partial charge in [-0.25, -0.2) is 4.39 Å². The van der Waals surface area contributed by atoms with Crippen LogP contribution in [0.15, 0.2) is 36.4 Å². The predicted molar refractivity (Wildman–Crippen MR) is 84.4 cm³/mol. The van der Waals surface area contributed by atoms with E-state index in [4.69, 9.17) is 28.9 Å². The molecule has 2 aromatic rings. The molecule has 0 fully saturated rings. The summed E-state index contributed by atoms with van der Waals surface area (Å²) in [4.78, 5) is 0. The van der Waals surface area contributed by atoms with Crippen molar-refractivity contribution in [2.75, 3.05) is 6.54 Å². The predicted octanol–water partition coefficient (Wildman–Crippen LogP) is 4.22. The van der Waals surface area contributed by atoms with Crippen LogP contribution in [0.1, 0.15) is 28.7 Å². The molecule has 0 radical (unpaired) electrons. The average Bonchev–Trinajstić information content (AvgIpc) is 2.45. The zero-order valence-electron chi connectivity index (χ0n) is 11.5. The van der Waals surface area contributed by atoms with E-state index in [2.05, 4.69) is 0 Å². The molecule has 0 amide bonds. The minimum absolute atomic E-state index is 0.0628. The van der Waals surface area contributed by atoms with Crippen LogP contribution in [0.4, 0.5) is 4.39 Å². The summed E-state index contributed by atoms with van der Waals surface area (Å²) >= 11 is 12.1. The van der Waals surface area contributed by atoms with Crippen LogP contribution in [0.3, 0.4) is 0 Å². The number of aryl methyl sites for hydroxylation is 1. The summed E-state index contributed by atoms with van der Waals surface area (Å²) in [5.74, 6) is -1.12. The number of aliphatic hydroxyl groups is 1. The van der Waals surface area contributed by atoms with E-state index in [0.29, 0.717) is 10.6 Å². The first-order valence-corrected chi connectivity index (χ1v) is 7.29. The van der Waals surface area contributed by atoms with Gasteiger partial charge in [0.15, 0.2) is 0 Å². The first-order valence-electron chi connectivity index (χ1n) is 6.53. The van der Waals surface area contributed by atoms with E-state index in [1.54, 1.807) is 24.3 Å². The second kappa shape index (κ2) is 6.75. The molecule has 0 saturated heterocycles. The van der Waals surface area contributed by atoms with E-state index in [0.717, 1.165) is 5.56 Å². The average molecular weight is 328 g/mol. The van der Waals surface area contributed by atoms with Gasteiger partial charge in [0, 0.05) is 28.1 Å². The molecule has 3 N–H and O–H groups in total. The van der Waals surface area contributed by atoms with Crippen molar-refractivity contribution in [1.82, 2.24) is 0 Å². The smallest absolute Gasteiger partial charge is 0.128 e. The molecule has 0 saturated carbocycles. The largest absolute Gasteiger partial charge is 0.388 e. The molecule has 0 aliphatic heterocycles. The first kappa shape index (κ1) is 16.2. The van der Waals surface area contributed by atoms with Crippen molar-refractivity contribution in [3.8, 4) is 0 Å². The Labute approximate surface area is 133 Å². The summed E-state index contributed by atoms with van der Waals surface area (Å²) in [7, 11) is 0. The van der Waals surface area contributed by atoms with E-state index in [9.17, 15) is 9.50 Å². The minimum atomic E-state index is -0.984. The van der Waals surface area contributed by atoms with Crippen LogP contribution >= 0.6 is 23.2 Å². The molecule has 0 spiro atoms. The van der Waals surface area contributed by atoms with Gasteiger partial charge in [-0.3, -0.25) is 0 Å². The fourth-order valence-electron chi connectivity index (χ4n) is 2.29. The van der Waals surface area contributed by atoms with Crippen molar-refractivity contribution in [3.63, 3.8) is 0 Å². The molecule has 0 bridgehead atoms. The number of rotatable bonds is 4. The lowest BCUT2D eigenvalue weighted by Gasteiger charge is -2.24. The summed E-state index contributed by atoms with van der Waals surface area (Å²) < 4.78 is 14.0. The van der Waals surface area contributed by atoms with Crippen LogP contribution in [0.5, 0.6) is 0 Å². The fraction of sp³-hybridized carbons (Fsp3) is 0.250. The zero-order valence-corrected chi connectivity index (χ0v) is 13.0. The maximum Gasteiger partial charge on any atom is 0.128 e. The number of hydrogen-bond acceptors (Lipinski definition) is 2. The molecule has 112 valence electrons. The van der Waals surface area contributed by atoms with Gasteiger partial charge >= 0.3 is 0 Å². The monoisotopic (exact) mass is 327 g/mol. The van der Waals surface area contributed by atoms with Gasteiger partial charge in [0.05, 0.1) is 6.10 Å². The molecule has 2 nitrogen and oxygen atoms in total. The Hall–Kier alpha value is -1.13. The molecule has 2 aromatic carbocycles. The lowest BCUT2D eigenvalue weighted by Crippen LogP contribution is -2.21. The van der Waals surface area contributed by atoms with E-state index in [-0.39, 0.29) is 17.1 Å². The maximum absolute atomic E-state index is 14.0. The highest BCUT2D eigenvalue weighted by atomic mass is 35.5. The highest BCUT2D eigenvalue weighted by Crippen LogP contribution is 2.36. The van der Waals surface area contributed by atoms with Crippen LogP contribution in [0, 0.1) is 12.7 Å². The number of halogens is 3. The molecule has 0 aliphatic rings. The van der Waals surface area contributed by atoms with Crippen molar-refractivity contribution >= 4 is 23.2 Å². The molecule has 5 heteroatoms. The van der Waals surface area contributed by atoms with Gasteiger partial charge in [0.25, 0.3) is 0 Å². The lowest BCUT2D eigenvalue weighted by molar-refractivity contribution is 0.146. The van der Waals surface area contributed by atoms with Crippen molar-refractivity contribution in [1.29, 1.82) is 0 Å². The highest BCUT2D eigenvalue weighted by molar-refractivity contribution is 6.31. The molecule has 0 aliphatic carbocycles. The van der Waals surface area contributed by atoms with Crippen LogP contribution in [-0.4, -0.2) is 11.7 Å². The topological polar surface area (TPSA) is 46.2 Å². The second-order valence-corrected chi connectivity index (χ2v) is 5.75. The minimum Gasteiger partial charge on any atom is -0.388 e. The molecule has 21 heavy (non-hydrogen) atoms. The molecule has 0 heterocycles. The molecule has 0 aromatic heterocycles. The summed E-state index contributed by atoms with van der Waals surface area (Å²) in [5, 5.41) is 11.3. The third-order valence-corrected chi connectivity index (χ3v) is 4.28. The fourth-order valence-corrected chi connectivity index (χ4v) is 2.79. The number of nitrogens with two attached hydrogens (primary N) is 1. The van der Waals surface area contributed by atoms with Crippen LogP contribution in [-0.2, 0) is 0 Å². The van der Waals surface area contributed by atoms with E-state index >= 15 is 0 Å². The van der Waals surface area contributed by atoms with Gasteiger partial charge in [-0.15, -0.1) is 0 Å².